The summed E-state index contributed by atoms with van der Waals surface area (Å²) in [5.41, 5.74) is 2.93. The fourth-order valence-corrected chi connectivity index (χ4v) is 4.97. The van der Waals surface area contributed by atoms with Crippen LogP contribution in [0, 0.1) is 0 Å². The van der Waals surface area contributed by atoms with Crippen LogP contribution in [0.2, 0.25) is 5.15 Å². The van der Waals surface area contributed by atoms with Crippen molar-refractivity contribution in [3.8, 4) is 11.4 Å². The topological polar surface area (TPSA) is 56.5 Å². The highest BCUT2D eigenvalue weighted by atomic mass is 35.5. The number of hydrogen-bond donors (Lipinski definition) is 0. The summed E-state index contributed by atoms with van der Waals surface area (Å²) in [4.78, 5) is 10.0. The van der Waals surface area contributed by atoms with E-state index in [1.165, 1.54) is 4.90 Å². The number of benzene rings is 1. The molecule has 1 fully saturated rings. The maximum atomic E-state index is 6.50. The van der Waals surface area contributed by atoms with Crippen LogP contribution in [0.15, 0.2) is 58.8 Å². The minimum atomic E-state index is 0.470. The molecule has 1 aliphatic rings. The summed E-state index contributed by atoms with van der Waals surface area (Å²) in [6, 6.07) is 12.8. The van der Waals surface area contributed by atoms with Crippen molar-refractivity contribution in [1.82, 2.24) is 24.7 Å². The lowest BCUT2D eigenvalue weighted by Crippen LogP contribution is -2.00. The molecule has 0 saturated heterocycles. The first-order chi connectivity index (χ1) is 14.2. The summed E-state index contributed by atoms with van der Waals surface area (Å²) in [5, 5.41) is 11.5. The summed E-state index contributed by atoms with van der Waals surface area (Å²) < 4.78 is 2.24. The van der Waals surface area contributed by atoms with E-state index in [9.17, 15) is 0 Å². The molecular weight excluding hydrogens is 422 g/mol. The largest absolute Gasteiger partial charge is 0.299 e. The number of aromatic nitrogens is 5. The van der Waals surface area contributed by atoms with Gasteiger partial charge in [0, 0.05) is 45.6 Å². The lowest BCUT2D eigenvalue weighted by atomic mass is 10.2. The SMILES string of the molecule is CSc1ccc2cc(CSc3nnc(-c4cccnc4)n3C3CC3)c(Cl)nc2c1. The maximum absolute atomic E-state index is 6.50. The summed E-state index contributed by atoms with van der Waals surface area (Å²) in [6.07, 6.45) is 7.99. The Bertz CT molecular complexity index is 1170. The third-order valence-electron chi connectivity index (χ3n) is 4.90. The van der Waals surface area contributed by atoms with Crippen LogP contribution < -0.4 is 0 Å². The molecule has 3 heterocycles. The number of fused-ring (bicyclic) bond motifs is 1. The van der Waals surface area contributed by atoms with Crippen molar-refractivity contribution in [3.63, 3.8) is 0 Å². The molecule has 1 aromatic carbocycles. The van der Waals surface area contributed by atoms with Gasteiger partial charge in [0.2, 0.25) is 0 Å². The molecule has 146 valence electrons. The predicted molar refractivity (Wildman–Crippen MR) is 120 cm³/mol. The van der Waals surface area contributed by atoms with Crippen LogP contribution in [0.5, 0.6) is 0 Å². The van der Waals surface area contributed by atoms with E-state index in [4.69, 9.17) is 11.6 Å². The van der Waals surface area contributed by atoms with Gasteiger partial charge in [0.1, 0.15) is 5.15 Å². The quantitative estimate of drug-likeness (QED) is 0.275. The predicted octanol–water partition coefficient (Wildman–Crippen LogP) is 5.89. The number of nitrogens with zero attached hydrogens (tertiary/aromatic N) is 5. The Hall–Kier alpha value is -2.09. The Balaban J connectivity index is 1.43. The Morgan fingerprint density at radius 3 is 2.83 bits per heavy atom. The van der Waals surface area contributed by atoms with E-state index < -0.39 is 0 Å². The Morgan fingerprint density at radius 2 is 2.07 bits per heavy atom. The average Bonchev–Trinajstić information content (AvgIpc) is 3.51. The van der Waals surface area contributed by atoms with Gasteiger partial charge in [0.25, 0.3) is 0 Å². The zero-order valence-electron chi connectivity index (χ0n) is 15.7. The standard InChI is InChI=1S/C21H18ClN5S2/c1-28-17-7-4-13-9-15(19(22)24-18(13)10-17)12-29-21-26-25-20(27(21)16-5-6-16)14-3-2-8-23-11-14/h2-4,7-11,16H,5-6,12H2,1H3. The van der Waals surface area contributed by atoms with E-state index in [0.717, 1.165) is 45.9 Å². The Labute approximate surface area is 182 Å². The van der Waals surface area contributed by atoms with Crippen LogP contribution in [-0.2, 0) is 5.75 Å². The number of rotatable bonds is 6. The molecule has 0 bridgehead atoms. The molecule has 0 unspecified atom stereocenters. The van der Waals surface area contributed by atoms with Gasteiger partial charge in [-0.3, -0.25) is 9.55 Å². The Kier molecular flexibility index (Phi) is 5.20. The van der Waals surface area contributed by atoms with E-state index in [2.05, 4.69) is 55.3 Å². The monoisotopic (exact) mass is 439 g/mol. The Morgan fingerprint density at radius 1 is 1.17 bits per heavy atom. The van der Waals surface area contributed by atoms with Gasteiger partial charge < -0.3 is 0 Å². The van der Waals surface area contributed by atoms with Crippen LogP contribution in [0.1, 0.15) is 24.4 Å². The number of hydrogen-bond acceptors (Lipinski definition) is 6. The van der Waals surface area contributed by atoms with Crippen LogP contribution in [0.3, 0.4) is 0 Å². The van der Waals surface area contributed by atoms with Crippen molar-refractivity contribution in [2.24, 2.45) is 0 Å². The van der Waals surface area contributed by atoms with E-state index in [1.807, 2.05) is 18.3 Å². The second-order valence-electron chi connectivity index (χ2n) is 6.93. The maximum Gasteiger partial charge on any atom is 0.192 e. The average molecular weight is 440 g/mol. The van der Waals surface area contributed by atoms with Crippen LogP contribution >= 0.6 is 35.1 Å². The van der Waals surface area contributed by atoms with Crippen molar-refractivity contribution in [1.29, 1.82) is 0 Å². The van der Waals surface area contributed by atoms with Crippen molar-refractivity contribution in [3.05, 3.63) is 59.5 Å². The molecule has 5 rings (SSSR count). The van der Waals surface area contributed by atoms with Gasteiger partial charge >= 0.3 is 0 Å². The van der Waals surface area contributed by atoms with Crippen molar-refractivity contribution < 1.29 is 0 Å². The third kappa shape index (κ3) is 3.86. The lowest BCUT2D eigenvalue weighted by Gasteiger charge is -2.10. The lowest BCUT2D eigenvalue weighted by molar-refractivity contribution is 0.669. The van der Waals surface area contributed by atoms with Crippen molar-refractivity contribution in [2.75, 3.05) is 6.26 Å². The van der Waals surface area contributed by atoms with Crippen LogP contribution in [0.25, 0.3) is 22.3 Å². The molecule has 0 spiro atoms. The molecule has 8 heteroatoms. The van der Waals surface area contributed by atoms with E-state index in [-0.39, 0.29) is 0 Å². The summed E-state index contributed by atoms with van der Waals surface area (Å²) in [5.74, 6) is 1.58. The third-order valence-corrected chi connectivity index (χ3v) is 6.95. The van der Waals surface area contributed by atoms with E-state index in [1.54, 1.807) is 29.7 Å². The molecule has 1 saturated carbocycles. The van der Waals surface area contributed by atoms with Gasteiger partial charge in [-0.2, -0.15) is 0 Å². The molecule has 0 N–H and O–H groups in total. The van der Waals surface area contributed by atoms with Crippen molar-refractivity contribution >= 4 is 46.0 Å². The number of pyridine rings is 2. The minimum Gasteiger partial charge on any atom is -0.299 e. The van der Waals surface area contributed by atoms with Gasteiger partial charge in [0.05, 0.1) is 5.52 Å². The highest BCUT2D eigenvalue weighted by molar-refractivity contribution is 7.98. The zero-order valence-corrected chi connectivity index (χ0v) is 18.1. The second kappa shape index (κ2) is 7.97. The second-order valence-corrected chi connectivity index (χ2v) is 9.11. The summed E-state index contributed by atoms with van der Waals surface area (Å²) in [6.45, 7) is 0. The molecule has 1 aliphatic carbocycles. The normalized spacial score (nSPS) is 13.9. The molecule has 5 nitrogen and oxygen atoms in total. The molecule has 3 aromatic heterocycles. The van der Waals surface area contributed by atoms with Gasteiger partial charge in [-0.1, -0.05) is 29.4 Å². The molecule has 29 heavy (non-hydrogen) atoms. The van der Waals surface area contributed by atoms with Gasteiger partial charge in [-0.05, 0) is 49.4 Å². The highest BCUT2D eigenvalue weighted by Crippen LogP contribution is 2.41. The van der Waals surface area contributed by atoms with Crippen LogP contribution in [-0.4, -0.2) is 31.0 Å². The molecule has 0 aliphatic heterocycles. The fraction of sp³-hybridized carbons (Fsp3) is 0.238. The van der Waals surface area contributed by atoms with Gasteiger partial charge in [-0.15, -0.1) is 22.0 Å². The van der Waals surface area contributed by atoms with Crippen molar-refractivity contribution in [2.45, 2.75) is 34.7 Å². The highest BCUT2D eigenvalue weighted by Gasteiger charge is 2.30. The zero-order chi connectivity index (χ0) is 19.8. The van der Waals surface area contributed by atoms with Crippen LogP contribution in [0.4, 0.5) is 0 Å². The number of halogens is 1. The van der Waals surface area contributed by atoms with Gasteiger partial charge in [-0.25, -0.2) is 4.98 Å². The smallest absolute Gasteiger partial charge is 0.192 e. The fourth-order valence-electron chi connectivity index (χ4n) is 3.27. The number of thioether (sulfide) groups is 2. The first-order valence-corrected chi connectivity index (χ1v) is 11.9. The summed E-state index contributed by atoms with van der Waals surface area (Å²) >= 11 is 9.86. The first kappa shape index (κ1) is 18.9. The minimum absolute atomic E-state index is 0.470. The molecule has 4 aromatic rings. The molecule has 0 atom stereocenters. The molecule has 0 amide bonds. The first-order valence-electron chi connectivity index (χ1n) is 9.34. The van der Waals surface area contributed by atoms with E-state index >= 15 is 0 Å². The van der Waals surface area contributed by atoms with E-state index in [0.29, 0.717) is 16.9 Å². The molecular formula is C21H18ClN5S2. The van der Waals surface area contributed by atoms with Gasteiger partial charge in [0.15, 0.2) is 11.0 Å². The summed E-state index contributed by atoms with van der Waals surface area (Å²) in [7, 11) is 0. The molecule has 0 radical (unpaired) electrons.